The number of ether oxygens (including phenoxy) is 2. The van der Waals surface area contributed by atoms with Gasteiger partial charge in [-0.25, -0.2) is 9.59 Å². The number of hydrogen-bond acceptors (Lipinski definition) is 6. The van der Waals surface area contributed by atoms with E-state index in [4.69, 9.17) is 15.2 Å². The van der Waals surface area contributed by atoms with Gasteiger partial charge in [0, 0.05) is 19.6 Å². The van der Waals surface area contributed by atoms with Crippen LogP contribution in [-0.2, 0) is 20.7 Å². The van der Waals surface area contributed by atoms with Crippen LogP contribution in [0.15, 0.2) is 24.3 Å². The molecule has 0 aromatic heterocycles. The molecule has 0 saturated heterocycles. The number of hydrogen-bond donors (Lipinski definition) is 5. The van der Waals surface area contributed by atoms with Crippen molar-refractivity contribution in [3.05, 3.63) is 29.8 Å². The van der Waals surface area contributed by atoms with Gasteiger partial charge in [-0.3, -0.25) is 4.79 Å². The first kappa shape index (κ1) is 25.4. The topological polar surface area (TPSA) is 152 Å². The lowest BCUT2D eigenvalue weighted by Crippen LogP contribution is -2.54. The SMILES string of the molecule is NCCCC[C@H](NC(=O)N[C@@H]1Cc2ccc(cc2)OCCCCOCCNC1=O)C(=O)O. The van der Waals surface area contributed by atoms with Crippen molar-refractivity contribution in [2.45, 2.75) is 50.6 Å². The maximum Gasteiger partial charge on any atom is 0.326 e. The summed E-state index contributed by atoms with van der Waals surface area (Å²) in [5.41, 5.74) is 6.28. The van der Waals surface area contributed by atoms with E-state index in [1.807, 2.05) is 24.3 Å². The minimum atomic E-state index is -1.13. The van der Waals surface area contributed by atoms with Crippen molar-refractivity contribution < 1.29 is 29.0 Å². The number of nitrogens with two attached hydrogens (primary N) is 1. The molecule has 3 amide bonds. The van der Waals surface area contributed by atoms with Gasteiger partial charge in [-0.05, 0) is 56.3 Å². The van der Waals surface area contributed by atoms with Crippen LogP contribution in [0.4, 0.5) is 4.79 Å². The second kappa shape index (κ2) is 14.3. The average molecular weight is 451 g/mol. The van der Waals surface area contributed by atoms with Crippen LogP contribution in [0, 0.1) is 0 Å². The van der Waals surface area contributed by atoms with Crippen molar-refractivity contribution in [2.24, 2.45) is 5.73 Å². The number of unbranched alkanes of at least 4 members (excludes halogenated alkanes) is 1. The summed E-state index contributed by atoms with van der Waals surface area (Å²) in [5, 5.41) is 17.2. The van der Waals surface area contributed by atoms with Crippen LogP contribution in [0.25, 0.3) is 0 Å². The number of carbonyl (C=O) groups is 3. The first-order valence-electron chi connectivity index (χ1n) is 11.1. The highest BCUT2D eigenvalue weighted by Crippen LogP contribution is 2.14. The number of nitrogens with one attached hydrogen (secondary N) is 3. The number of aliphatic carboxylic acids is 1. The predicted molar refractivity (Wildman–Crippen MR) is 118 cm³/mol. The van der Waals surface area contributed by atoms with Crippen molar-refractivity contribution in [3.63, 3.8) is 0 Å². The number of amides is 3. The Bertz CT molecular complexity index is 728. The minimum Gasteiger partial charge on any atom is -0.494 e. The number of carboxylic acid groups (broad SMARTS) is 1. The number of urea groups is 1. The highest BCUT2D eigenvalue weighted by atomic mass is 16.5. The Morgan fingerprint density at radius 1 is 1.16 bits per heavy atom. The maximum absolute atomic E-state index is 12.7. The van der Waals surface area contributed by atoms with Crippen molar-refractivity contribution in [2.75, 3.05) is 32.9 Å². The summed E-state index contributed by atoms with van der Waals surface area (Å²) < 4.78 is 11.2. The minimum absolute atomic E-state index is 0.241. The van der Waals surface area contributed by atoms with Crippen molar-refractivity contribution in [3.8, 4) is 5.75 Å². The number of benzene rings is 1. The van der Waals surface area contributed by atoms with E-state index in [9.17, 15) is 19.5 Å². The number of rotatable bonds is 7. The second-order valence-corrected chi connectivity index (χ2v) is 7.65. The van der Waals surface area contributed by atoms with Crippen LogP contribution in [0.2, 0.25) is 0 Å². The molecule has 178 valence electrons. The third kappa shape index (κ3) is 9.52. The summed E-state index contributed by atoms with van der Waals surface area (Å²) in [7, 11) is 0. The summed E-state index contributed by atoms with van der Waals surface area (Å²) in [5.74, 6) is -0.770. The van der Waals surface area contributed by atoms with Crippen LogP contribution in [-0.4, -0.2) is 68.0 Å². The summed E-state index contributed by atoms with van der Waals surface area (Å²) in [6.45, 7) is 2.30. The van der Waals surface area contributed by atoms with Crippen LogP contribution in [0.3, 0.4) is 0 Å². The lowest BCUT2D eigenvalue weighted by atomic mass is 10.0. The van der Waals surface area contributed by atoms with E-state index in [-0.39, 0.29) is 18.7 Å². The summed E-state index contributed by atoms with van der Waals surface area (Å²) in [6, 6.07) is 4.69. The Hall–Kier alpha value is -2.85. The van der Waals surface area contributed by atoms with Gasteiger partial charge in [0.1, 0.15) is 17.8 Å². The highest BCUT2D eigenvalue weighted by Gasteiger charge is 2.24. The van der Waals surface area contributed by atoms with Gasteiger partial charge in [-0.15, -0.1) is 0 Å². The molecule has 10 heteroatoms. The van der Waals surface area contributed by atoms with Gasteiger partial charge in [0.15, 0.2) is 0 Å². The number of carboxylic acids is 1. The normalized spacial score (nSPS) is 18.8. The van der Waals surface area contributed by atoms with Crippen LogP contribution in [0.1, 0.15) is 37.7 Å². The van der Waals surface area contributed by atoms with Gasteiger partial charge in [-0.2, -0.15) is 0 Å². The van der Waals surface area contributed by atoms with Crippen molar-refractivity contribution >= 4 is 17.9 Å². The molecule has 2 aliphatic rings. The third-order valence-electron chi connectivity index (χ3n) is 5.03. The average Bonchev–Trinajstić information content (AvgIpc) is 2.77. The molecule has 2 bridgehead atoms. The molecular formula is C22H34N4O6. The smallest absolute Gasteiger partial charge is 0.326 e. The molecule has 1 aromatic rings. The van der Waals surface area contributed by atoms with Crippen molar-refractivity contribution in [1.82, 2.24) is 16.0 Å². The quantitative estimate of drug-likeness (QED) is 0.385. The van der Waals surface area contributed by atoms with Gasteiger partial charge in [0.2, 0.25) is 5.91 Å². The van der Waals surface area contributed by atoms with E-state index in [1.54, 1.807) is 0 Å². The van der Waals surface area contributed by atoms with Crippen LogP contribution in [0.5, 0.6) is 5.75 Å². The lowest BCUT2D eigenvalue weighted by Gasteiger charge is -2.21. The zero-order valence-electron chi connectivity index (χ0n) is 18.3. The molecule has 0 saturated carbocycles. The standard InChI is InChI=1S/C22H34N4O6/c23-10-2-1-5-18(21(28)29)25-22(30)26-19-15-16-6-8-17(9-7-16)32-13-4-3-12-31-14-11-24-20(19)27/h6-9,18-19H,1-5,10-15,23H2,(H,24,27)(H,28,29)(H2,25,26,30)/t18-,19+/m0/s1. The maximum atomic E-state index is 12.7. The van der Waals surface area contributed by atoms with Crippen LogP contribution >= 0.6 is 0 Å². The Morgan fingerprint density at radius 2 is 1.91 bits per heavy atom. The molecule has 0 fully saturated rings. The van der Waals surface area contributed by atoms with Gasteiger partial charge in [0.05, 0.1) is 13.2 Å². The molecule has 32 heavy (non-hydrogen) atoms. The number of fused-ring (bicyclic) bond motifs is 13. The van der Waals surface area contributed by atoms with E-state index in [0.717, 1.165) is 24.2 Å². The van der Waals surface area contributed by atoms with E-state index in [1.165, 1.54) is 0 Å². The highest BCUT2D eigenvalue weighted by molar-refractivity contribution is 5.89. The Balaban J connectivity index is 2.04. The largest absolute Gasteiger partial charge is 0.494 e. The Morgan fingerprint density at radius 3 is 2.62 bits per heavy atom. The molecule has 10 nitrogen and oxygen atoms in total. The molecule has 1 aromatic carbocycles. The summed E-state index contributed by atoms with van der Waals surface area (Å²) in [6.07, 6.45) is 3.47. The van der Waals surface area contributed by atoms with Crippen molar-refractivity contribution in [1.29, 1.82) is 0 Å². The predicted octanol–water partition coefficient (Wildman–Crippen LogP) is 0.785. The molecule has 0 spiro atoms. The van der Waals surface area contributed by atoms with Crippen LogP contribution < -0.4 is 26.4 Å². The molecule has 2 atom stereocenters. The van der Waals surface area contributed by atoms with Gasteiger partial charge < -0.3 is 36.3 Å². The first-order chi connectivity index (χ1) is 15.5. The van der Waals surface area contributed by atoms with E-state index >= 15 is 0 Å². The summed E-state index contributed by atoms with van der Waals surface area (Å²) >= 11 is 0. The Labute approximate surface area is 188 Å². The van der Waals surface area contributed by atoms with Gasteiger partial charge in [-0.1, -0.05) is 12.1 Å². The molecule has 2 heterocycles. The molecule has 0 aliphatic carbocycles. The third-order valence-corrected chi connectivity index (χ3v) is 5.03. The molecule has 0 unspecified atom stereocenters. The molecule has 2 aliphatic heterocycles. The molecular weight excluding hydrogens is 416 g/mol. The lowest BCUT2D eigenvalue weighted by molar-refractivity contribution is -0.139. The molecule has 6 N–H and O–H groups in total. The summed E-state index contributed by atoms with van der Waals surface area (Å²) in [4.78, 5) is 36.7. The Kier molecular flexibility index (Phi) is 11.3. The first-order valence-corrected chi connectivity index (χ1v) is 11.1. The van der Waals surface area contributed by atoms with Gasteiger partial charge in [0.25, 0.3) is 0 Å². The fourth-order valence-electron chi connectivity index (χ4n) is 3.24. The van der Waals surface area contributed by atoms with E-state index in [0.29, 0.717) is 45.8 Å². The van der Waals surface area contributed by atoms with Gasteiger partial charge >= 0.3 is 12.0 Å². The van der Waals surface area contributed by atoms with E-state index in [2.05, 4.69) is 16.0 Å². The second-order valence-electron chi connectivity index (χ2n) is 7.65. The van der Waals surface area contributed by atoms with E-state index < -0.39 is 24.1 Å². The molecule has 3 rings (SSSR count). The fraction of sp³-hybridized carbons (Fsp3) is 0.591. The zero-order valence-corrected chi connectivity index (χ0v) is 18.3. The monoisotopic (exact) mass is 450 g/mol. The molecule has 0 radical (unpaired) electrons. The fourth-order valence-corrected chi connectivity index (χ4v) is 3.24. The zero-order chi connectivity index (χ0) is 23.2. The number of carbonyl (C=O) groups excluding carboxylic acids is 2.